The lowest BCUT2D eigenvalue weighted by atomic mass is 10.1. The van der Waals surface area contributed by atoms with Crippen LogP contribution >= 0.6 is 0 Å². The van der Waals surface area contributed by atoms with Crippen molar-refractivity contribution in [1.82, 2.24) is 4.98 Å². The summed E-state index contributed by atoms with van der Waals surface area (Å²) in [5, 5.41) is 8.84. The number of carboxylic acid groups (broad SMARTS) is 1. The highest BCUT2D eigenvalue weighted by molar-refractivity contribution is 5.88. The average Bonchev–Trinajstić information content (AvgIpc) is 2.25. The maximum atomic E-state index is 12.0. The van der Waals surface area contributed by atoms with Crippen LogP contribution in [0.3, 0.4) is 0 Å². The van der Waals surface area contributed by atoms with Gasteiger partial charge in [0.25, 0.3) is 0 Å². The highest BCUT2D eigenvalue weighted by atomic mass is 19.4. The molecule has 0 aliphatic carbocycles. The van der Waals surface area contributed by atoms with E-state index in [1.807, 2.05) is 0 Å². The van der Waals surface area contributed by atoms with E-state index in [0.29, 0.717) is 5.69 Å². The van der Waals surface area contributed by atoms with Gasteiger partial charge < -0.3 is 9.84 Å². The number of ether oxygens (including phenoxy) is 1. The number of aromatic carboxylic acids is 1. The summed E-state index contributed by atoms with van der Waals surface area (Å²) in [5.41, 5.74) is 0.220. The van der Waals surface area contributed by atoms with Gasteiger partial charge in [-0.25, -0.2) is 9.78 Å². The van der Waals surface area contributed by atoms with Gasteiger partial charge in [-0.15, -0.1) is 0 Å². The molecule has 0 unspecified atom stereocenters. The summed E-state index contributed by atoms with van der Waals surface area (Å²) in [7, 11) is 0. The van der Waals surface area contributed by atoms with Crippen molar-refractivity contribution in [3.05, 3.63) is 23.4 Å². The van der Waals surface area contributed by atoms with Crippen molar-refractivity contribution in [1.29, 1.82) is 0 Å². The van der Waals surface area contributed by atoms with Gasteiger partial charge in [-0.05, 0) is 12.0 Å². The molecule has 7 heteroatoms. The van der Waals surface area contributed by atoms with E-state index >= 15 is 0 Å². The molecule has 0 aliphatic rings. The number of nitrogens with zero attached hydrogens (tertiary/aromatic N) is 1. The van der Waals surface area contributed by atoms with Gasteiger partial charge in [-0.1, -0.05) is 13.8 Å². The molecule has 1 N–H and O–H groups in total. The molecule has 0 fully saturated rings. The Balaban J connectivity index is 3.00. The molecule has 18 heavy (non-hydrogen) atoms. The monoisotopic (exact) mass is 263 g/mol. The normalized spacial score (nSPS) is 11.7. The number of hydrogen-bond acceptors (Lipinski definition) is 3. The van der Waals surface area contributed by atoms with E-state index in [4.69, 9.17) is 5.11 Å². The zero-order valence-corrected chi connectivity index (χ0v) is 9.78. The smallest absolute Gasteiger partial charge is 0.422 e. The molecule has 1 heterocycles. The summed E-state index contributed by atoms with van der Waals surface area (Å²) in [6.45, 7) is 2.00. The zero-order chi connectivity index (χ0) is 13.9. The summed E-state index contributed by atoms with van der Waals surface area (Å²) in [5.74, 6) is -1.69. The first-order valence-corrected chi connectivity index (χ1v) is 5.14. The average molecular weight is 263 g/mol. The van der Waals surface area contributed by atoms with Crippen LogP contribution in [0.4, 0.5) is 13.2 Å². The number of alkyl halides is 3. The minimum absolute atomic E-state index is 0.113. The van der Waals surface area contributed by atoms with Crippen LogP contribution in [0.2, 0.25) is 0 Å². The largest absolute Gasteiger partial charge is 0.478 e. The lowest BCUT2D eigenvalue weighted by Gasteiger charge is -2.11. The third-order valence-corrected chi connectivity index (χ3v) is 2.04. The maximum absolute atomic E-state index is 12.0. The molecule has 0 bridgehead atoms. The molecule has 4 nitrogen and oxygen atoms in total. The Labute approximate surface area is 101 Å². The van der Waals surface area contributed by atoms with E-state index in [2.05, 4.69) is 9.72 Å². The molecule has 0 saturated heterocycles. The molecule has 0 atom stereocenters. The Bertz CT molecular complexity index is 444. The quantitative estimate of drug-likeness (QED) is 0.907. The number of pyridine rings is 1. The van der Waals surface area contributed by atoms with Crippen LogP contribution < -0.4 is 4.74 Å². The number of halogens is 3. The van der Waals surface area contributed by atoms with Gasteiger partial charge in [0.05, 0.1) is 5.56 Å². The van der Waals surface area contributed by atoms with Crippen molar-refractivity contribution in [3.8, 4) is 5.88 Å². The van der Waals surface area contributed by atoms with Crippen molar-refractivity contribution in [2.24, 2.45) is 0 Å². The molecular formula is C11H12F3NO3. The first-order chi connectivity index (χ1) is 8.19. The van der Waals surface area contributed by atoms with E-state index in [1.165, 1.54) is 6.07 Å². The van der Waals surface area contributed by atoms with Gasteiger partial charge in [-0.2, -0.15) is 13.2 Å². The first kappa shape index (κ1) is 14.3. The van der Waals surface area contributed by atoms with E-state index in [9.17, 15) is 18.0 Å². The lowest BCUT2D eigenvalue weighted by molar-refractivity contribution is -0.154. The molecule has 1 rings (SSSR count). The van der Waals surface area contributed by atoms with Crippen LogP contribution in [0, 0.1) is 0 Å². The van der Waals surface area contributed by atoms with Crippen LogP contribution in [0.1, 0.15) is 35.8 Å². The third-order valence-electron chi connectivity index (χ3n) is 2.04. The predicted molar refractivity (Wildman–Crippen MR) is 56.8 cm³/mol. The minimum Gasteiger partial charge on any atom is -0.478 e. The molecule has 0 spiro atoms. The number of rotatable bonds is 4. The fourth-order valence-corrected chi connectivity index (χ4v) is 1.17. The minimum atomic E-state index is -4.49. The summed E-state index contributed by atoms with van der Waals surface area (Å²) in [6.07, 6.45) is -4.49. The summed E-state index contributed by atoms with van der Waals surface area (Å²) >= 11 is 0. The van der Waals surface area contributed by atoms with Gasteiger partial charge in [0, 0.05) is 11.8 Å². The second-order valence-electron chi connectivity index (χ2n) is 3.98. The molecule has 0 radical (unpaired) electrons. The summed E-state index contributed by atoms with van der Waals surface area (Å²) < 4.78 is 40.4. The third kappa shape index (κ3) is 4.23. The Morgan fingerprint density at radius 3 is 2.50 bits per heavy atom. The van der Waals surface area contributed by atoms with Crippen LogP contribution in [-0.2, 0) is 0 Å². The van der Waals surface area contributed by atoms with Crippen molar-refractivity contribution in [2.75, 3.05) is 6.61 Å². The zero-order valence-electron chi connectivity index (χ0n) is 9.78. The van der Waals surface area contributed by atoms with Crippen molar-refractivity contribution in [2.45, 2.75) is 25.9 Å². The lowest BCUT2D eigenvalue weighted by Crippen LogP contribution is -2.20. The van der Waals surface area contributed by atoms with Gasteiger partial charge in [0.2, 0.25) is 5.88 Å². The molecule has 0 amide bonds. The molecule has 0 aromatic carbocycles. The molecule has 1 aromatic rings. The number of carbonyl (C=O) groups is 1. The highest BCUT2D eigenvalue weighted by Crippen LogP contribution is 2.21. The van der Waals surface area contributed by atoms with Crippen molar-refractivity contribution in [3.63, 3.8) is 0 Å². The molecule has 0 saturated carbocycles. The summed E-state index contributed by atoms with van der Waals surface area (Å²) in [4.78, 5) is 14.7. The van der Waals surface area contributed by atoms with Gasteiger partial charge >= 0.3 is 12.1 Å². The maximum Gasteiger partial charge on any atom is 0.422 e. The highest BCUT2D eigenvalue weighted by Gasteiger charge is 2.29. The number of hydrogen-bond donors (Lipinski definition) is 1. The van der Waals surface area contributed by atoms with E-state index in [1.54, 1.807) is 13.8 Å². The Morgan fingerprint density at radius 2 is 2.06 bits per heavy atom. The van der Waals surface area contributed by atoms with Gasteiger partial charge in [0.15, 0.2) is 6.61 Å². The Morgan fingerprint density at radius 1 is 1.44 bits per heavy atom. The topological polar surface area (TPSA) is 59.4 Å². The fraction of sp³-hybridized carbons (Fsp3) is 0.455. The Kier molecular flexibility index (Phi) is 4.15. The SMILES string of the molecule is CC(C)c1cc(C(=O)O)cc(OCC(F)(F)F)n1. The van der Waals surface area contributed by atoms with Crippen molar-refractivity contribution >= 4 is 5.97 Å². The van der Waals surface area contributed by atoms with E-state index in [0.717, 1.165) is 6.07 Å². The molecule has 100 valence electrons. The van der Waals surface area contributed by atoms with E-state index in [-0.39, 0.29) is 17.4 Å². The standard InChI is InChI=1S/C11H12F3NO3/c1-6(2)8-3-7(10(16)17)4-9(15-8)18-5-11(12,13)14/h3-4,6H,5H2,1-2H3,(H,16,17). The second kappa shape index (κ2) is 5.24. The molecule has 0 aliphatic heterocycles. The number of aromatic nitrogens is 1. The Hall–Kier alpha value is -1.79. The van der Waals surface area contributed by atoms with E-state index < -0.39 is 18.8 Å². The fourth-order valence-electron chi connectivity index (χ4n) is 1.17. The molecular weight excluding hydrogens is 251 g/mol. The van der Waals surface area contributed by atoms with Crippen LogP contribution in [0.25, 0.3) is 0 Å². The van der Waals surface area contributed by atoms with Gasteiger partial charge in [-0.3, -0.25) is 0 Å². The van der Waals surface area contributed by atoms with Crippen LogP contribution in [0.5, 0.6) is 5.88 Å². The number of carboxylic acids is 1. The summed E-state index contributed by atoms with van der Waals surface area (Å²) in [6, 6.07) is 2.29. The van der Waals surface area contributed by atoms with Crippen molar-refractivity contribution < 1.29 is 27.8 Å². The van der Waals surface area contributed by atoms with Crippen LogP contribution in [-0.4, -0.2) is 28.8 Å². The first-order valence-electron chi connectivity index (χ1n) is 5.14. The van der Waals surface area contributed by atoms with Crippen LogP contribution in [0.15, 0.2) is 12.1 Å². The predicted octanol–water partition coefficient (Wildman–Crippen LogP) is 2.84. The molecule has 1 aromatic heterocycles. The second-order valence-corrected chi connectivity index (χ2v) is 3.98. The van der Waals surface area contributed by atoms with Gasteiger partial charge in [0.1, 0.15) is 0 Å².